The van der Waals surface area contributed by atoms with Crippen LogP contribution >= 0.6 is 0 Å². The van der Waals surface area contributed by atoms with Gasteiger partial charge >= 0.3 is 0 Å². The number of rotatable bonds is 5. The van der Waals surface area contributed by atoms with Crippen LogP contribution in [0.5, 0.6) is 5.75 Å². The molecule has 0 aliphatic heterocycles. The van der Waals surface area contributed by atoms with Crippen LogP contribution in [0.25, 0.3) is 0 Å². The van der Waals surface area contributed by atoms with Gasteiger partial charge in [0.25, 0.3) is 0 Å². The van der Waals surface area contributed by atoms with E-state index in [-0.39, 0.29) is 17.7 Å². The molecule has 1 aliphatic carbocycles. The van der Waals surface area contributed by atoms with Gasteiger partial charge in [0.15, 0.2) is 0 Å². The lowest BCUT2D eigenvalue weighted by molar-refractivity contribution is -0.0537. The summed E-state index contributed by atoms with van der Waals surface area (Å²) in [5.74, 6) is 0.843. The number of nitrogens with two attached hydrogens (primary N) is 1. The molecule has 112 valence electrons. The van der Waals surface area contributed by atoms with Crippen molar-refractivity contribution in [3.63, 3.8) is 0 Å². The second-order valence-electron chi connectivity index (χ2n) is 6.16. The van der Waals surface area contributed by atoms with E-state index in [1.165, 1.54) is 5.56 Å². The maximum Gasteiger partial charge on any atom is 0.119 e. The molecule has 0 bridgehead atoms. The van der Waals surface area contributed by atoms with Crippen LogP contribution in [0.15, 0.2) is 18.2 Å². The Morgan fingerprint density at radius 3 is 2.65 bits per heavy atom. The van der Waals surface area contributed by atoms with Gasteiger partial charge in [0.2, 0.25) is 0 Å². The molecule has 1 aromatic carbocycles. The minimum absolute atomic E-state index is 0.0284. The zero-order valence-corrected chi connectivity index (χ0v) is 12.8. The highest BCUT2D eigenvalue weighted by atomic mass is 16.5. The van der Waals surface area contributed by atoms with Crippen molar-refractivity contribution in [2.24, 2.45) is 5.73 Å². The third-order valence-electron chi connectivity index (χ3n) is 3.48. The Kier molecular flexibility index (Phi) is 4.68. The molecule has 1 aromatic rings. The number of ether oxygens (including phenoxy) is 3. The van der Waals surface area contributed by atoms with Gasteiger partial charge < -0.3 is 19.9 Å². The summed E-state index contributed by atoms with van der Waals surface area (Å²) in [6.07, 6.45) is 0.886. The van der Waals surface area contributed by atoms with Gasteiger partial charge in [-0.3, -0.25) is 0 Å². The van der Waals surface area contributed by atoms with Crippen LogP contribution in [0.2, 0.25) is 0 Å². The minimum atomic E-state index is -0.127. The molecule has 2 rings (SSSR count). The van der Waals surface area contributed by atoms with Crippen molar-refractivity contribution in [3.8, 4) is 5.75 Å². The van der Waals surface area contributed by atoms with Crippen LogP contribution in [0.1, 0.15) is 37.9 Å². The molecule has 1 aliphatic rings. The Balaban J connectivity index is 1.87. The van der Waals surface area contributed by atoms with Crippen LogP contribution in [0.3, 0.4) is 0 Å². The number of benzene rings is 1. The maximum absolute atomic E-state index is 6.26. The highest BCUT2D eigenvalue weighted by Crippen LogP contribution is 2.34. The van der Waals surface area contributed by atoms with Crippen LogP contribution in [0, 0.1) is 0 Å². The molecule has 0 spiro atoms. The van der Waals surface area contributed by atoms with E-state index in [1.54, 1.807) is 7.11 Å². The Morgan fingerprint density at radius 2 is 2.00 bits per heavy atom. The summed E-state index contributed by atoms with van der Waals surface area (Å²) >= 11 is 0. The first-order chi connectivity index (χ1) is 9.40. The third kappa shape index (κ3) is 3.72. The second kappa shape index (κ2) is 6.12. The monoisotopic (exact) mass is 279 g/mol. The zero-order chi connectivity index (χ0) is 14.8. The molecule has 0 radical (unpaired) electrons. The average molecular weight is 279 g/mol. The molecular weight excluding hydrogens is 254 g/mol. The number of fused-ring (bicyclic) bond motifs is 1. The van der Waals surface area contributed by atoms with Gasteiger partial charge in [-0.1, -0.05) is 6.07 Å². The van der Waals surface area contributed by atoms with Crippen molar-refractivity contribution in [1.82, 2.24) is 0 Å². The molecule has 0 aromatic heterocycles. The maximum atomic E-state index is 6.26. The van der Waals surface area contributed by atoms with Crippen molar-refractivity contribution < 1.29 is 14.2 Å². The number of hydrogen-bond acceptors (Lipinski definition) is 4. The molecule has 20 heavy (non-hydrogen) atoms. The molecule has 4 nitrogen and oxygen atoms in total. The van der Waals surface area contributed by atoms with Crippen molar-refractivity contribution in [2.75, 3.05) is 20.3 Å². The van der Waals surface area contributed by atoms with Crippen molar-refractivity contribution >= 4 is 0 Å². The van der Waals surface area contributed by atoms with Gasteiger partial charge in [-0.25, -0.2) is 0 Å². The lowest BCUT2D eigenvalue weighted by atomic mass is 10.1. The molecule has 4 heteroatoms. The normalized spacial score (nSPS) is 21.9. The Bertz CT molecular complexity index is 454. The Labute approximate surface area is 121 Å². The first-order valence-electron chi connectivity index (χ1n) is 7.08. The fourth-order valence-corrected chi connectivity index (χ4v) is 2.45. The Morgan fingerprint density at radius 1 is 1.25 bits per heavy atom. The summed E-state index contributed by atoms with van der Waals surface area (Å²) in [5, 5.41) is 0. The SMILES string of the molecule is COc1ccc2c(c1)C(N)C(OCCOC(C)(C)C)C2. The molecule has 2 unspecified atom stereocenters. The summed E-state index contributed by atoms with van der Waals surface area (Å²) < 4.78 is 16.8. The molecular formula is C16H25NO3. The first-order valence-corrected chi connectivity index (χ1v) is 7.08. The molecule has 0 saturated carbocycles. The first kappa shape index (κ1) is 15.3. The van der Waals surface area contributed by atoms with Gasteiger partial charge in [-0.05, 0) is 44.0 Å². The second-order valence-corrected chi connectivity index (χ2v) is 6.16. The average Bonchev–Trinajstić information content (AvgIpc) is 2.70. The smallest absolute Gasteiger partial charge is 0.119 e. The standard InChI is InChI=1S/C16H25NO3/c1-16(2,3)20-8-7-19-14-9-11-5-6-12(18-4)10-13(11)15(14)17/h5-6,10,14-15H,7-9,17H2,1-4H3. The van der Waals surface area contributed by atoms with Crippen LogP contribution in [0.4, 0.5) is 0 Å². The molecule has 2 atom stereocenters. The van der Waals surface area contributed by atoms with E-state index >= 15 is 0 Å². The van der Waals surface area contributed by atoms with Gasteiger partial charge in [-0.15, -0.1) is 0 Å². The Hall–Kier alpha value is -1.10. The molecule has 2 N–H and O–H groups in total. The fraction of sp³-hybridized carbons (Fsp3) is 0.625. The fourth-order valence-electron chi connectivity index (χ4n) is 2.45. The van der Waals surface area contributed by atoms with E-state index in [1.807, 2.05) is 32.9 Å². The van der Waals surface area contributed by atoms with Crippen molar-refractivity contribution in [1.29, 1.82) is 0 Å². The predicted molar refractivity (Wildman–Crippen MR) is 79.1 cm³/mol. The highest BCUT2D eigenvalue weighted by Gasteiger charge is 2.30. The largest absolute Gasteiger partial charge is 0.497 e. The van der Waals surface area contributed by atoms with E-state index in [2.05, 4.69) is 6.07 Å². The van der Waals surface area contributed by atoms with Gasteiger partial charge in [0.1, 0.15) is 5.75 Å². The van der Waals surface area contributed by atoms with Gasteiger partial charge in [0.05, 0.1) is 38.1 Å². The topological polar surface area (TPSA) is 53.7 Å². The highest BCUT2D eigenvalue weighted by molar-refractivity contribution is 5.42. The van der Waals surface area contributed by atoms with E-state index in [0.717, 1.165) is 17.7 Å². The van der Waals surface area contributed by atoms with Crippen LogP contribution in [-0.2, 0) is 15.9 Å². The summed E-state index contributed by atoms with van der Waals surface area (Å²) in [4.78, 5) is 0. The zero-order valence-electron chi connectivity index (χ0n) is 12.8. The van der Waals surface area contributed by atoms with E-state index in [4.69, 9.17) is 19.9 Å². The minimum Gasteiger partial charge on any atom is -0.497 e. The molecule has 0 amide bonds. The molecule has 0 heterocycles. The lowest BCUT2D eigenvalue weighted by Gasteiger charge is -2.21. The van der Waals surface area contributed by atoms with E-state index in [0.29, 0.717) is 13.2 Å². The third-order valence-corrected chi connectivity index (χ3v) is 3.48. The predicted octanol–water partition coefficient (Wildman–Crippen LogP) is 2.45. The summed E-state index contributed by atoms with van der Waals surface area (Å²) in [6, 6.07) is 5.96. The number of hydrogen-bond donors (Lipinski definition) is 1. The van der Waals surface area contributed by atoms with E-state index < -0.39 is 0 Å². The van der Waals surface area contributed by atoms with E-state index in [9.17, 15) is 0 Å². The molecule has 0 saturated heterocycles. The quantitative estimate of drug-likeness (QED) is 0.841. The molecule has 0 fully saturated rings. The van der Waals surface area contributed by atoms with Crippen LogP contribution < -0.4 is 10.5 Å². The van der Waals surface area contributed by atoms with Crippen molar-refractivity contribution in [3.05, 3.63) is 29.3 Å². The van der Waals surface area contributed by atoms with Gasteiger partial charge in [0, 0.05) is 6.42 Å². The summed E-state index contributed by atoms with van der Waals surface area (Å²) in [5.41, 5.74) is 8.51. The van der Waals surface area contributed by atoms with Crippen LogP contribution in [-0.4, -0.2) is 32.0 Å². The number of methoxy groups -OCH3 is 1. The summed E-state index contributed by atoms with van der Waals surface area (Å²) in [7, 11) is 1.67. The van der Waals surface area contributed by atoms with Crippen molar-refractivity contribution in [2.45, 2.75) is 44.9 Å². The summed E-state index contributed by atoms with van der Waals surface area (Å²) in [6.45, 7) is 7.27. The lowest BCUT2D eigenvalue weighted by Crippen LogP contribution is -2.28. The van der Waals surface area contributed by atoms with Gasteiger partial charge in [-0.2, -0.15) is 0 Å².